The van der Waals surface area contributed by atoms with Crippen LogP contribution >= 0.6 is 0 Å². The monoisotopic (exact) mass is 347 g/mol. The number of ether oxygens (including phenoxy) is 1. The summed E-state index contributed by atoms with van der Waals surface area (Å²) in [6.07, 6.45) is -5.02. The van der Waals surface area contributed by atoms with E-state index in [-0.39, 0.29) is 0 Å². The highest BCUT2D eigenvalue weighted by Crippen LogP contribution is 2.13. The summed E-state index contributed by atoms with van der Waals surface area (Å²) in [6, 6.07) is 18.2. The minimum atomic E-state index is -4.52. The molecule has 0 heterocycles. The lowest BCUT2D eigenvalue weighted by Gasteiger charge is -2.21. The van der Waals surface area contributed by atoms with E-state index in [0.29, 0.717) is 13.2 Å². The van der Waals surface area contributed by atoms with Gasteiger partial charge in [-0.25, -0.2) is 0 Å². The van der Waals surface area contributed by atoms with Gasteiger partial charge in [0, 0.05) is 12.5 Å². The van der Waals surface area contributed by atoms with Gasteiger partial charge in [-0.3, -0.25) is 5.32 Å². The first-order chi connectivity index (χ1) is 11.9. The second-order valence-corrected chi connectivity index (χ2v) is 5.61. The standard InChI is InChI=1S/C20H20F3NO/c1-16(25-15-18-10-6-3-7-11-18)19(12-13-20(21,22)23)24-14-17-8-4-2-5-9-17/h2-11,16,19,24H,14-15H2,1H3/t16-,19+/m0/s1. The van der Waals surface area contributed by atoms with Crippen LogP contribution in [-0.4, -0.2) is 18.3 Å². The SMILES string of the molecule is C[C@H](OCc1ccccc1)[C@@H](C#CC(F)(F)F)NCc1ccccc1. The van der Waals surface area contributed by atoms with Crippen molar-refractivity contribution in [2.45, 2.75) is 38.4 Å². The normalized spacial score (nSPS) is 13.6. The molecule has 0 saturated carbocycles. The van der Waals surface area contributed by atoms with Crippen LogP contribution in [0.4, 0.5) is 13.2 Å². The fourth-order valence-corrected chi connectivity index (χ4v) is 2.22. The molecule has 0 aliphatic heterocycles. The number of halogens is 3. The Balaban J connectivity index is 2.00. The largest absolute Gasteiger partial charge is 0.457 e. The van der Waals surface area contributed by atoms with Crippen molar-refractivity contribution >= 4 is 0 Å². The number of rotatable bonds is 7. The van der Waals surface area contributed by atoms with E-state index < -0.39 is 18.3 Å². The summed E-state index contributed by atoms with van der Waals surface area (Å²) < 4.78 is 43.1. The van der Waals surface area contributed by atoms with E-state index in [1.807, 2.05) is 60.7 Å². The van der Waals surface area contributed by atoms with Gasteiger partial charge in [-0.1, -0.05) is 66.6 Å². The summed E-state index contributed by atoms with van der Waals surface area (Å²) in [5.74, 6) is 3.60. The third-order valence-electron chi connectivity index (χ3n) is 3.56. The van der Waals surface area contributed by atoms with Crippen LogP contribution in [0.15, 0.2) is 60.7 Å². The quantitative estimate of drug-likeness (QED) is 0.754. The molecule has 0 amide bonds. The molecule has 132 valence electrons. The van der Waals surface area contributed by atoms with Crippen LogP contribution in [0, 0.1) is 11.8 Å². The molecule has 0 bridgehead atoms. The van der Waals surface area contributed by atoms with E-state index in [9.17, 15) is 13.2 Å². The zero-order valence-corrected chi connectivity index (χ0v) is 13.9. The Morgan fingerprint density at radius 1 is 0.960 bits per heavy atom. The Labute approximate surface area is 146 Å². The lowest BCUT2D eigenvalue weighted by Crippen LogP contribution is -2.38. The summed E-state index contributed by atoms with van der Waals surface area (Å²) in [4.78, 5) is 0. The smallest absolute Gasteiger partial charge is 0.371 e. The van der Waals surface area contributed by atoms with Crippen LogP contribution in [0.3, 0.4) is 0 Å². The van der Waals surface area contributed by atoms with E-state index in [0.717, 1.165) is 11.1 Å². The molecule has 0 unspecified atom stereocenters. The van der Waals surface area contributed by atoms with Crippen LogP contribution in [0.25, 0.3) is 0 Å². The van der Waals surface area contributed by atoms with Crippen molar-refractivity contribution in [2.24, 2.45) is 0 Å². The van der Waals surface area contributed by atoms with E-state index in [1.54, 1.807) is 6.92 Å². The molecular weight excluding hydrogens is 327 g/mol. The third kappa shape index (κ3) is 7.42. The van der Waals surface area contributed by atoms with Crippen LogP contribution < -0.4 is 5.32 Å². The minimum absolute atomic E-state index is 0.319. The van der Waals surface area contributed by atoms with E-state index >= 15 is 0 Å². The molecular formula is C20H20F3NO. The predicted molar refractivity (Wildman–Crippen MR) is 91.6 cm³/mol. The van der Waals surface area contributed by atoms with Crippen LogP contribution in [0.2, 0.25) is 0 Å². The van der Waals surface area contributed by atoms with Crippen molar-refractivity contribution in [3.63, 3.8) is 0 Å². The predicted octanol–water partition coefficient (Wildman–Crippen LogP) is 4.32. The van der Waals surface area contributed by atoms with Gasteiger partial charge in [0.15, 0.2) is 0 Å². The van der Waals surface area contributed by atoms with Gasteiger partial charge >= 0.3 is 6.18 Å². The molecule has 0 saturated heterocycles. The van der Waals surface area contributed by atoms with Gasteiger partial charge in [-0.05, 0) is 18.1 Å². The van der Waals surface area contributed by atoms with Crippen LogP contribution in [0.1, 0.15) is 18.1 Å². The van der Waals surface area contributed by atoms with Crippen molar-refractivity contribution in [2.75, 3.05) is 0 Å². The highest BCUT2D eigenvalue weighted by atomic mass is 19.4. The molecule has 0 aliphatic rings. The third-order valence-corrected chi connectivity index (χ3v) is 3.56. The fraction of sp³-hybridized carbons (Fsp3) is 0.300. The molecule has 2 atom stereocenters. The molecule has 0 radical (unpaired) electrons. The van der Waals surface area contributed by atoms with Gasteiger partial charge < -0.3 is 4.74 Å². The van der Waals surface area contributed by atoms with Gasteiger partial charge in [-0.15, -0.1) is 0 Å². The summed E-state index contributed by atoms with van der Waals surface area (Å²) >= 11 is 0. The first-order valence-electron chi connectivity index (χ1n) is 7.96. The number of alkyl halides is 3. The molecule has 2 aromatic carbocycles. The summed E-state index contributed by atoms with van der Waals surface area (Å²) in [5.41, 5.74) is 1.93. The van der Waals surface area contributed by atoms with Crippen molar-refractivity contribution in [1.29, 1.82) is 0 Å². The Morgan fingerprint density at radius 2 is 1.52 bits per heavy atom. The average Bonchev–Trinajstić information content (AvgIpc) is 2.60. The van der Waals surface area contributed by atoms with Crippen molar-refractivity contribution in [3.8, 4) is 11.8 Å². The molecule has 2 rings (SSSR count). The maximum atomic E-state index is 12.5. The lowest BCUT2D eigenvalue weighted by atomic mass is 10.1. The van der Waals surface area contributed by atoms with Crippen molar-refractivity contribution in [1.82, 2.24) is 5.32 Å². The molecule has 2 nitrogen and oxygen atoms in total. The number of hydrogen-bond acceptors (Lipinski definition) is 2. The summed E-state index contributed by atoms with van der Waals surface area (Å²) in [7, 11) is 0. The highest BCUT2D eigenvalue weighted by molar-refractivity contribution is 5.18. The second kappa shape index (κ2) is 9.26. The Bertz CT molecular complexity index is 690. The topological polar surface area (TPSA) is 21.3 Å². The molecule has 1 N–H and O–H groups in total. The van der Waals surface area contributed by atoms with Gasteiger partial charge in [0.25, 0.3) is 0 Å². The molecule has 0 spiro atoms. The Morgan fingerprint density at radius 3 is 2.08 bits per heavy atom. The fourth-order valence-electron chi connectivity index (χ4n) is 2.22. The highest BCUT2D eigenvalue weighted by Gasteiger charge is 2.24. The summed E-state index contributed by atoms with van der Waals surface area (Å²) in [6.45, 7) is 2.45. The molecule has 5 heteroatoms. The molecule has 0 aromatic heterocycles. The van der Waals surface area contributed by atoms with E-state index in [1.165, 1.54) is 5.92 Å². The molecule has 0 aliphatic carbocycles. The molecule has 0 fully saturated rings. The maximum Gasteiger partial charge on any atom is 0.457 e. The molecule has 2 aromatic rings. The van der Waals surface area contributed by atoms with E-state index in [2.05, 4.69) is 11.2 Å². The number of benzene rings is 2. The van der Waals surface area contributed by atoms with Gasteiger partial charge in [0.2, 0.25) is 0 Å². The average molecular weight is 347 g/mol. The Hall–Kier alpha value is -2.29. The minimum Gasteiger partial charge on any atom is -0.371 e. The molecule has 25 heavy (non-hydrogen) atoms. The first kappa shape index (κ1) is 19.0. The number of hydrogen-bond donors (Lipinski definition) is 1. The second-order valence-electron chi connectivity index (χ2n) is 5.61. The van der Waals surface area contributed by atoms with Gasteiger partial charge in [-0.2, -0.15) is 13.2 Å². The summed E-state index contributed by atoms with van der Waals surface area (Å²) in [5, 5.41) is 3.05. The zero-order chi connectivity index (χ0) is 18.1. The van der Waals surface area contributed by atoms with Crippen LogP contribution in [0.5, 0.6) is 0 Å². The van der Waals surface area contributed by atoms with Crippen molar-refractivity contribution < 1.29 is 17.9 Å². The number of nitrogens with one attached hydrogen (secondary N) is 1. The first-order valence-corrected chi connectivity index (χ1v) is 7.96. The van der Waals surface area contributed by atoms with Gasteiger partial charge in [0.05, 0.1) is 18.8 Å². The van der Waals surface area contributed by atoms with Crippen molar-refractivity contribution in [3.05, 3.63) is 71.8 Å². The Kier molecular flexibility index (Phi) is 7.05. The zero-order valence-electron chi connectivity index (χ0n) is 13.9. The van der Waals surface area contributed by atoms with E-state index in [4.69, 9.17) is 4.74 Å². The lowest BCUT2D eigenvalue weighted by molar-refractivity contribution is -0.0699. The maximum absolute atomic E-state index is 12.5. The van der Waals surface area contributed by atoms with Gasteiger partial charge in [0.1, 0.15) is 0 Å². The van der Waals surface area contributed by atoms with Crippen LogP contribution in [-0.2, 0) is 17.9 Å².